The van der Waals surface area contributed by atoms with Crippen molar-refractivity contribution in [2.75, 3.05) is 12.4 Å². The lowest BCUT2D eigenvalue weighted by atomic mass is 10.2. The summed E-state index contributed by atoms with van der Waals surface area (Å²) in [7, 11) is 1.33. The zero-order chi connectivity index (χ0) is 15.4. The Kier molecular flexibility index (Phi) is 4.34. The van der Waals surface area contributed by atoms with Crippen LogP contribution in [0, 0.1) is 10.1 Å². The first-order chi connectivity index (χ1) is 10.0. The number of nitro groups is 1. The van der Waals surface area contributed by atoms with E-state index in [-0.39, 0.29) is 22.8 Å². The zero-order valence-corrected chi connectivity index (χ0v) is 11.6. The molecule has 0 unspecified atom stereocenters. The molecule has 0 aliphatic carbocycles. The highest BCUT2D eigenvalue weighted by atomic mass is 35.5. The Hall–Kier alpha value is -2.67. The molecule has 0 saturated carbocycles. The molecule has 7 nitrogen and oxygen atoms in total. The van der Waals surface area contributed by atoms with E-state index in [2.05, 4.69) is 10.3 Å². The number of carbonyl (C=O) groups is 1. The van der Waals surface area contributed by atoms with Gasteiger partial charge < -0.3 is 10.1 Å². The number of amides is 1. The third kappa shape index (κ3) is 3.46. The smallest absolute Gasteiger partial charge is 0.312 e. The van der Waals surface area contributed by atoms with Gasteiger partial charge in [0.15, 0.2) is 5.75 Å². The van der Waals surface area contributed by atoms with Crippen molar-refractivity contribution >= 4 is 28.9 Å². The highest BCUT2D eigenvalue weighted by Crippen LogP contribution is 2.29. The minimum Gasteiger partial charge on any atom is -0.490 e. The predicted molar refractivity (Wildman–Crippen MR) is 76.8 cm³/mol. The van der Waals surface area contributed by atoms with Gasteiger partial charge in [-0.2, -0.15) is 0 Å². The minimum atomic E-state index is -0.591. The number of nitrogens with one attached hydrogen (secondary N) is 1. The summed E-state index contributed by atoms with van der Waals surface area (Å²) in [5, 5.41) is 13.8. The van der Waals surface area contributed by atoms with Gasteiger partial charge in [0.05, 0.1) is 12.0 Å². The quantitative estimate of drug-likeness (QED) is 0.692. The van der Waals surface area contributed by atoms with E-state index in [9.17, 15) is 14.9 Å². The summed E-state index contributed by atoms with van der Waals surface area (Å²) >= 11 is 5.77. The van der Waals surface area contributed by atoms with Crippen LogP contribution in [0.4, 0.5) is 11.4 Å². The van der Waals surface area contributed by atoms with Crippen LogP contribution >= 0.6 is 11.6 Å². The van der Waals surface area contributed by atoms with E-state index in [1.54, 1.807) is 0 Å². The van der Waals surface area contributed by atoms with Gasteiger partial charge in [0.1, 0.15) is 5.69 Å². The molecule has 2 aromatic rings. The van der Waals surface area contributed by atoms with Gasteiger partial charge in [-0.15, -0.1) is 0 Å². The number of hydrogen-bond acceptors (Lipinski definition) is 5. The third-order valence-corrected chi connectivity index (χ3v) is 2.82. The second-order valence-electron chi connectivity index (χ2n) is 3.96. The second-order valence-corrected chi connectivity index (χ2v) is 4.39. The van der Waals surface area contributed by atoms with Gasteiger partial charge in [-0.25, -0.2) is 0 Å². The molecule has 8 heteroatoms. The van der Waals surface area contributed by atoms with E-state index in [0.29, 0.717) is 5.02 Å². The lowest BCUT2D eigenvalue weighted by Crippen LogP contribution is -2.13. The Bertz CT molecular complexity index is 706. The molecule has 0 bridgehead atoms. The number of benzene rings is 1. The number of pyridine rings is 1. The molecule has 2 rings (SSSR count). The van der Waals surface area contributed by atoms with Crippen LogP contribution in [0.2, 0.25) is 5.02 Å². The average Bonchev–Trinajstić information content (AvgIpc) is 2.47. The molecule has 0 saturated heterocycles. The number of anilines is 1. The summed E-state index contributed by atoms with van der Waals surface area (Å²) in [4.78, 5) is 26.2. The van der Waals surface area contributed by atoms with Gasteiger partial charge in [-0.3, -0.25) is 19.9 Å². The summed E-state index contributed by atoms with van der Waals surface area (Å²) in [6.07, 6.45) is 1.40. The molecule has 0 fully saturated rings. The van der Waals surface area contributed by atoms with Crippen LogP contribution in [0.3, 0.4) is 0 Å². The normalized spacial score (nSPS) is 10.0. The molecule has 1 heterocycles. The molecule has 1 amide bonds. The molecule has 21 heavy (non-hydrogen) atoms. The maximum Gasteiger partial charge on any atom is 0.312 e. The van der Waals surface area contributed by atoms with Gasteiger partial charge in [-0.05, 0) is 24.3 Å². The number of nitro benzene ring substituents is 1. The van der Waals surface area contributed by atoms with Crippen LogP contribution in [-0.2, 0) is 0 Å². The lowest BCUT2D eigenvalue weighted by molar-refractivity contribution is -0.385. The molecule has 108 valence electrons. The van der Waals surface area contributed by atoms with Gasteiger partial charge in [-0.1, -0.05) is 11.6 Å². The SMILES string of the molecule is COc1ccc(NC(=O)c2cc(Cl)ccn2)cc1[N+](=O)[O-]. The Morgan fingerprint density at radius 3 is 2.76 bits per heavy atom. The third-order valence-electron chi connectivity index (χ3n) is 2.59. The van der Waals surface area contributed by atoms with Crippen molar-refractivity contribution in [3.8, 4) is 5.75 Å². The first-order valence-electron chi connectivity index (χ1n) is 5.76. The maximum atomic E-state index is 12.0. The van der Waals surface area contributed by atoms with Crippen molar-refractivity contribution in [1.29, 1.82) is 0 Å². The summed E-state index contributed by atoms with van der Waals surface area (Å²) in [5.41, 5.74) is 0.129. The molecule has 0 spiro atoms. The topological polar surface area (TPSA) is 94.4 Å². The van der Waals surface area contributed by atoms with Gasteiger partial charge in [0.2, 0.25) is 0 Å². The average molecular weight is 308 g/mol. The van der Waals surface area contributed by atoms with Crippen LogP contribution in [0.5, 0.6) is 5.75 Å². The highest BCUT2D eigenvalue weighted by Gasteiger charge is 2.16. The molecule has 0 radical (unpaired) electrons. The van der Waals surface area contributed by atoms with E-state index in [0.717, 1.165) is 0 Å². The minimum absolute atomic E-state index is 0.110. The van der Waals surface area contributed by atoms with Crippen molar-refractivity contribution in [2.45, 2.75) is 0 Å². The first-order valence-corrected chi connectivity index (χ1v) is 6.14. The predicted octanol–water partition coefficient (Wildman–Crippen LogP) is 2.90. The van der Waals surface area contributed by atoms with E-state index in [4.69, 9.17) is 16.3 Å². The standard InChI is InChI=1S/C13H10ClN3O4/c1-21-12-3-2-9(7-11(12)17(19)20)16-13(18)10-6-8(14)4-5-15-10/h2-7H,1H3,(H,16,18). The number of aromatic nitrogens is 1. The summed E-state index contributed by atoms with van der Waals surface area (Å²) in [5.74, 6) is -0.407. The highest BCUT2D eigenvalue weighted by molar-refractivity contribution is 6.30. The molecular formula is C13H10ClN3O4. The fourth-order valence-electron chi connectivity index (χ4n) is 1.63. The molecule has 0 aliphatic heterocycles. The molecule has 1 N–H and O–H groups in total. The van der Waals surface area contributed by atoms with Crippen LogP contribution in [0.25, 0.3) is 0 Å². The molecule has 0 aliphatic rings. The maximum absolute atomic E-state index is 12.0. The first kappa shape index (κ1) is 14.7. The van der Waals surface area contributed by atoms with E-state index < -0.39 is 10.8 Å². The zero-order valence-electron chi connectivity index (χ0n) is 10.9. The molecular weight excluding hydrogens is 298 g/mol. The number of rotatable bonds is 4. The Labute approximate surface area is 124 Å². The lowest BCUT2D eigenvalue weighted by Gasteiger charge is -2.07. The monoisotopic (exact) mass is 307 g/mol. The van der Waals surface area contributed by atoms with E-state index >= 15 is 0 Å². The van der Waals surface area contributed by atoms with Gasteiger partial charge in [0.25, 0.3) is 5.91 Å². The van der Waals surface area contributed by atoms with Crippen LogP contribution in [-0.4, -0.2) is 22.9 Å². The van der Waals surface area contributed by atoms with Crippen LogP contribution in [0.15, 0.2) is 36.5 Å². The molecule has 1 aromatic heterocycles. The number of hydrogen-bond donors (Lipinski definition) is 1. The van der Waals surface area contributed by atoms with Crippen molar-refractivity contribution in [1.82, 2.24) is 4.98 Å². The van der Waals surface area contributed by atoms with E-state index in [1.807, 2.05) is 0 Å². The van der Waals surface area contributed by atoms with Crippen molar-refractivity contribution < 1.29 is 14.5 Å². The fraction of sp³-hybridized carbons (Fsp3) is 0.0769. The van der Waals surface area contributed by atoms with Crippen LogP contribution < -0.4 is 10.1 Å². The number of carbonyl (C=O) groups excluding carboxylic acids is 1. The summed E-state index contributed by atoms with van der Waals surface area (Å²) in [6.45, 7) is 0. The van der Waals surface area contributed by atoms with Gasteiger partial charge in [0, 0.05) is 23.0 Å². The van der Waals surface area contributed by atoms with Crippen LogP contribution in [0.1, 0.15) is 10.5 Å². The molecule has 0 atom stereocenters. The number of methoxy groups -OCH3 is 1. The van der Waals surface area contributed by atoms with Crippen molar-refractivity contribution in [3.05, 3.63) is 57.4 Å². The fourth-order valence-corrected chi connectivity index (χ4v) is 1.79. The summed E-state index contributed by atoms with van der Waals surface area (Å²) in [6, 6.07) is 7.04. The largest absolute Gasteiger partial charge is 0.490 e. The Morgan fingerprint density at radius 1 is 1.38 bits per heavy atom. The van der Waals surface area contributed by atoms with E-state index in [1.165, 1.54) is 43.6 Å². The Morgan fingerprint density at radius 2 is 2.14 bits per heavy atom. The van der Waals surface area contributed by atoms with Crippen molar-refractivity contribution in [2.24, 2.45) is 0 Å². The number of nitrogens with zero attached hydrogens (tertiary/aromatic N) is 2. The summed E-state index contributed by atoms with van der Waals surface area (Å²) < 4.78 is 4.88. The Balaban J connectivity index is 2.25. The number of halogens is 1. The molecule has 1 aromatic carbocycles. The second kappa shape index (κ2) is 6.19. The van der Waals surface area contributed by atoms with Gasteiger partial charge >= 0.3 is 5.69 Å². The van der Waals surface area contributed by atoms with Crippen molar-refractivity contribution in [3.63, 3.8) is 0 Å². The number of ether oxygens (including phenoxy) is 1.